The molecule has 1 saturated heterocycles. The summed E-state index contributed by atoms with van der Waals surface area (Å²) in [5.41, 5.74) is 0.917. The zero-order valence-electron chi connectivity index (χ0n) is 20.2. The highest BCUT2D eigenvalue weighted by molar-refractivity contribution is 5.85. The molecule has 174 valence electrons. The molecule has 1 N–H and O–H groups in total. The number of hydrogen-bond donors (Lipinski definition) is 1. The van der Waals surface area contributed by atoms with Crippen LogP contribution in [-0.2, 0) is 9.59 Å². The number of para-hydroxylation sites is 1. The monoisotopic (exact) mass is 431 g/mol. The van der Waals surface area contributed by atoms with Crippen LogP contribution in [0, 0.1) is 5.92 Å². The molecule has 1 heterocycles. The molecule has 0 bridgehead atoms. The maximum atomic E-state index is 13.3. The van der Waals surface area contributed by atoms with Crippen LogP contribution in [0.1, 0.15) is 71.9 Å². The van der Waals surface area contributed by atoms with Crippen LogP contribution in [0.5, 0.6) is 5.75 Å². The first kappa shape index (κ1) is 25.2. The van der Waals surface area contributed by atoms with Gasteiger partial charge >= 0.3 is 0 Å². The lowest BCUT2D eigenvalue weighted by Crippen LogP contribution is -2.49. The molecule has 0 aromatic heterocycles. The third kappa shape index (κ3) is 6.45. The van der Waals surface area contributed by atoms with Gasteiger partial charge in [0.1, 0.15) is 5.75 Å². The Labute approximate surface area is 188 Å². The number of unbranched alkanes of at least 4 members (excludes halogenated alkanes) is 1. The van der Waals surface area contributed by atoms with Gasteiger partial charge in [-0.1, -0.05) is 31.5 Å². The Kier molecular flexibility index (Phi) is 9.82. The quantitative estimate of drug-likeness (QED) is 0.575. The summed E-state index contributed by atoms with van der Waals surface area (Å²) in [5, 5.41) is 3.16. The van der Waals surface area contributed by atoms with Crippen molar-refractivity contribution in [3.8, 4) is 5.75 Å². The van der Waals surface area contributed by atoms with Crippen molar-refractivity contribution in [3.05, 3.63) is 29.8 Å². The van der Waals surface area contributed by atoms with E-state index >= 15 is 0 Å². The van der Waals surface area contributed by atoms with Gasteiger partial charge in [0.2, 0.25) is 11.8 Å². The first-order valence-corrected chi connectivity index (χ1v) is 11.8. The molecule has 31 heavy (non-hydrogen) atoms. The standard InChI is InChI=1S/C25H41N3O3/c1-7-8-16-28-23(29)14-13-21(24(28)20-11-9-10-12-22(20)31-6)25(30)26-15-17-27(18(2)3)19(4)5/h9-12,18-19,21,24H,7-8,13-17H2,1-6H3,(H,26,30). The molecule has 1 aliphatic rings. The number of piperidine rings is 1. The number of likely N-dealkylation sites (tertiary alicyclic amines) is 1. The lowest BCUT2D eigenvalue weighted by Gasteiger charge is -2.41. The van der Waals surface area contributed by atoms with Crippen LogP contribution in [0.2, 0.25) is 0 Å². The molecule has 1 aromatic carbocycles. The van der Waals surface area contributed by atoms with Crippen LogP contribution in [0.3, 0.4) is 0 Å². The van der Waals surface area contributed by atoms with Crippen molar-refractivity contribution in [2.45, 2.75) is 78.4 Å². The second-order valence-corrected chi connectivity index (χ2v) is 8.99. The van der Waals surface area contributed by atoms with Gasteiger partial charge in [-0.15, -0.1) is 0 Å². The van der Waals surface area contributed by atoms with Crippen molar-refractivity contribution in [2.24, 2.45) is 5.92 Å². The molecule has 0 radical (unpaired) electrons. The van der Waals surface area contributed by atoms with E-state index < -0.39 is 0 Å². The number of carbonyl (C=O) groups excluding carboxylic acids is 2. The second-order valence-electron chi connectivity index (χ2n) is 8.99. The van der Waals surface area contributed by atoms with Gasteiger partial charge in [0.05, 0.1) is 19.1 Å². The summed E-state index contributed by atoms with van der Waals surface area (Å²) >= 11 is 0. The molecule has 6 heteroatoms. The Morgan fingerprint density at radius 1 is 1.23 bits per heavy atom. The Hall–Kier alpha value is -2.08. The van der Waals surface area contributed by atoms with Crippen molar-refractivity contribution >= 4 is 11.8 Å². The van der Waals surface area contributed by atoms with Crippen molar-refractivity contribution < 1.29 is 14.3 Å². The summed E-state index contributed by atoms with van der Waals surface area (Å²) in [6, 6.07) is 8.32. The van der Waals surface area contributed by atoms with Crippen molar-refractivity contribution in [1.82, 2.24) is 15.1 Å². The lowest BCUT2D eigenvalue weighted by atomic mass is 9.83. The molecule has 6 nitrogen and oxygen atoms in total. The SMILES string of the molecule is CCCCN1C(=O)CCC(C(=O)NCCN(C(C)C)C(C)C)C1c1ccccc1OC. The fourth-order valence-electron chi connectivity index (χ4n) is 4.67. The van der Waals surface area contributed by atoms with E-state index in [-0.39, 0.29) is 23.8 Å². The number of ether oxygens (including phenoxy) is 1. The normalized spacial score (nSPS) is 19.4. The summed E-state index contributed by atoms with van der Waals surface area (Å²) < 4.78 is 5.60. The zero-order valence-corrected chi connectivity index (χ0v) is 20.2. The highest BCUT2D eigenvalue weighted by Crippen LogP contribution is 2.40. The predicted octanol–water partition coefficient (Wildman–Crippen LogP) is 4.01. The molecule has 0 saturated carbocycles. The van der Waals surface area contributed by atoms with Crippen LogP contribution in [0.15, 0.2) is 24.3 Å². The molecular formula is C25H41N3O3. The minimum Gasteiger partial charge on any atom is -0.496 e. The largest absolute Gasteiger partial charge is 0.496 e. The molecule has 2 unspecified atom stereocenters. The number of benzene rings is 1. The molecule has 2 amide bonds. The van der Waals surface area contributed by atoms with Crippen molar-refractivity contribution in [2.75, 3.05) is 26.7 Å². The van der Waals surface area contributed by atoms with E-state index in [0.717, 1.165) is 30.7 Å². The molecule has 1 aromatic rings. The smallest absolute Gasteiger partial charge is 0.225 e. The molecule has 0 aliphatic carbocycles. The molecule has 1 fully saturated rings. The molecule has 2 rings (SSSR count). The van der Waals surface area contributed by atoms with E-state index in [9.17, 15) is 9.59 Å². The van der Waals surface area contributed by atoms with Gasteiger partial charge in [-0.2, -0.15) is 0 Å². The minimum absolute atomic E-state index is 0.0253. The third-order valence-corrected chi connectivity index (χ3v) is 6.25. The first-order valence-electron chi connectivity index (χ1n) is 11.8. The summed E-state index contributed by atoms with van der Waals surface area (Å²) in [5.74, 6) is 0.598. The molecule has 1 aliphatic heterocycles. The fraction of sp³-hybridized carbons (Fsp3) is 0.680. The zero-order chi connectivity index (χ0) is 23.0. The lowest BCUT2D eigenvalue weighted by molar-refractivity contribution is -0.143. The summed E-state index contributed by atoms with van der Waals surface area (Å²) in [6.45, 7) is 12.9. The number of nitrogens with one attached hydrogen (secondary N) is 1. The van der Waals surface area contributed by atoms with Gasteiger partial charge in [-0.05, 0) is 46.6 Å². The van der Waals surface area contributed by atoms with E-state index in [0.29, 0.717) is 38.0 Å². The Bertz CT molecular complexity index is 712. The van der Waals surface area contributed by atoms with Gasteiger partial charge in [0.15, 0.2) is 0 Å². The van der Waals surface area contributed by atoms with Gasteiger partial charge in [0, 0.05) is 43.7 Å². The van der Waals surface area contributed by atoms with Gasteiger partial charge in [-0.25, -0.2) is 0 Å². The molecule has 2 atom stereocenters. The Morgan fingerprint density at radius 3 is 2.52 bits per heavy atom. The second kappa shape index (κ2) is 12.1. The van der Waals surface area contributed by atoms with Crippen LogP contribution >= 0.6 is 0 Å². The van der Waals surface area contributed by atoms with Crippen LogP contribution in [0.25, 0.3) is 0 Å². The number of hydrogen-bond acceptors (Lipinski definition) is 4. The third-order valence-electron chi connectivity index (χ3n) is 6.25. The summed E-state index contributed by atoms with van der Waals surface area (Å²) in [4.78, 5) is 30.4. The van der Waals surface area contributed by atoms with Crippen LogP contribution in [-0.4, -0.2) is 60.4 Å². The number of rotatable bonds is 11. The average Bonchev–Trinajstić information content (AvgIpc) is 2.74. The fourth-order valence-corrected chi connectivity index (χ4v) is 4.67. The Balaban J connectivity index is 2.24. The van der Waals surface area contributed by atoms with Crippen LogP contribution in [0.4, 0.5) is 0 Å². The number of methoxy groups -OCH3 is 1. The average molecular weight is 432 g/mol. The maximum absolute atomic E-state index is 13.3. The summed E-state index contributed by atoms with van der Waals surface area (Å²) in [6.07, 6.45) is 2.90. The first-order chi connectivity index (χ1) is 14.8. The predicted molar refractivity (Wildman–Crippen MR) is 125 cm³/mol. The minimum atomic E-state index is -0.296. The van der Waals surface area contributed by atoms with Gasteiger partial charge < -0.3 is 15.0 Å². The van der Waals surface area contributed by atoms with E-state index in [2.05, 4.69) is 44.8 Å². The number of carbonyl (C=O) groups is 2. The highest BCUT2D eigenvalue weighted by Gasteiger charge is 2.41. The van der Waals surface area contributed by atoms with E-state index in [1.807, 2.05) is 29.2 Å². The Morgan fingerprint density at radius 2 is 1.90 bits per heavy atom. The van der Waals surface area contributed by atoms with E-state index in [4.69, 9.17) is 4.74 Å². The number of amides is 2. The highest BCUT2D eigenvalue weighted by atomic mass is 16.5. The van der Waals surface area contributed by atoms with Gasteiger partial charge in [-0.3, -0.25) is 14.5 Å². The van der Waals surface area contributed by atoms with Crippen LogP contribution < -0.4 is 10.1 Å². The number of nitrogens with zero attached hydrogens (tertiary/aromatic N) is 2. The van der Waals surface area contributed by atoms with Crippen molar-refractivity contribution in [1.29, 1.82) is 0 Å². The topological polar surface area (TPSA) is 61.9 Å². The van der Waals surface area contributed by atoms with E-state index in [1.165, 1.54) is 0 Å². The van der Waals surface area contributed by atoms with Crippen molar-refractivity contribution in [3.63, 3.8) is 0 Å². The van der Waals surface area contributed by atoms with E-state index in [1.54, 1.807) is 7.11 Å². The van der Waals surface area contributed by atoms with Gasteiger partial charge in [0.25, 0.3) is 0 Å². The maximum Gasteiger partial charge on any atom is 0.225 e. The summed E-state index contributed by atoms with van der Waals surface area (Å²) in [7, 11) is 1.64. The molecular weight excluding hydrogens is 390 g/mol. The molecule has 0 spiro atoms.